The van der Waals surface area contributed by atoms with Crippen LogP contribution < -0.4 is 16.0 Å². The lowest BCUT2D eigenvalue weighted by Crippen LogP contribution is -2.57. The third-order valence-corrected chi connectivity index (χ3v) is 8.32. The van der Waals surface area contributed by atoms with Crippen molar-refractivity contribution in [2.75, 3.05) is 10.6 Å². The molecule has 2 heterocycles. The van der Waals surface area contributed by atoms with Gasteiger partial charge in [0, 0.05) is 22.8 Å². The third kappa shape index (κ3) is 6.06. The zero-order valence-corrected chi connectivity index (χ0v) is 22.3. The molecule has 2 aromatic heterocycles. The van der Waals surface area contributed by atoms with Crippen LogP contribution in [0.5, 0.6) is 0 Å². The van der Waals surface area contributed by atoms with Gasteiger partial charge in [-0.1, -0.05) is 54.6 Å². The molecule has 0 radical (unpaired) electrons. The molecule has 37 heavy (non-hydrogen) atoms. The fourth-order valence-corrected chi connectivity index (χ4v) is 6.01. The normalized spacial score (nSPS) is 15.4. The number of urea groups is 1. The summed E-state index contributed by atoms with van der Waals surface area (Å²) in [5.74, 6) is -1.87. The predicted molar refractivity (Wildman–Crippen MR) is 147 cm³/mol. The monoisotopic (exact) mass is 560 g/mol. The number of amides is 3. The Balaban J connectivity index is 1.64. The second-order valence-corrected chi connectivity index (χ2v) is 10.9. The Morgan fingerprint density at radius 3 is 2.38 bits per heavy atom. The van der Waals surface area contributed by atoms with Gasteiger partial charge in [0.2, 0.25) is 0 Å². The lowest BCUT2D eigenvalue weighted by Gasteiger charge is -2.37. The minimum absolute atomic E-state index is 0.146. The summed E-state index contributed by atoms with van der Waals surface area (Å²) < 4.78 is 0. The van der Waals surface area contributed by atoms with Crippen molar-refractivity contribution in [2.45, 2.75) is 44.6 Å². The predicted octanol–water partition coefficient (Wildman–Crippen LogP) is 6.91. The van der Waals surface area contributed by atoms with E-state index in [1.165, 1.54) is 11.3 Å². The number of rotatable bonds is 7. The molecule has 1 saturated carbocycles. The second-order valence-electron chi connectivity index (χ2n) is 9.07. The Kier molecular flexibility index (Phi) is 8.36. The number of halogens is 2. The average Bonchev–Trinajstić information content (AvgIpc) is 3.31. The highest BCUT2D eigenvalue weighted by Gasteiger charge is 2.43. The lowest BCUT2D eigenvalue weighted by atomic mass is 9.75. The first kappa shape index (κ1) is 26.9. The Hall–Kier alpha value is -3.14. The van der Waals surface area contributed by atoms with Crippen LogP contribution in [0.2, 0.25) is 10.0 Å². The van der Waals surface area contributed by atoms with Crippen LogP contribution in [0, 0.1) is 5.92 Å². The molecule has 194 valence electrons. The van der Waals surface area contributed by atoms with Crippen LogP contribution in [0.15, 0.2) is 48.8 Å². The fraction of sp³-hybridized carbons (Fsp3) is 0.308. The molecule has 11 heteroatoms. The quantitative estimate of drug-likeness (QED) is 0.250. The Labute approximate surface area is 228 Å². The Morgan fingerprint density at radius 1 is 1.05 bits per heavy atom. The number of nitrogens with zero attached hydrogens (tertiary/aromatic N) is 1. The zero-order chi connectivity index (χ0) is 26.6. The number of aromatic nitrogens is 1. The van der Waals surface area contributed by atoms with E-state index in [1.807, 2.05) is 6.07 Å². The maximum Gasteiger partial charge on any atom is 0.329 e. The van der Waals surface area contributed by atoms with Crippen molar-refractivity contribution in [2.24, 2.45) is 5.92 Å². The van der Waals surface area contributed by atoms with Crippen molar-refractivity contribution in [3.05, 3.63) is 64.4 Å². The molecular formula is C26H26Cl2N4O4S. The number of carboxylic acids is 1. The van der Waals surface area contributed by atoms with Crippen molar-refractivity contribution in [1.29, 1.82) is 0 Å². The number of para-hydroxylation sites is 1. The van der Waals surface area contributed by atoms with E-state index in [2.05, 4.69) is 20.9 Å². The molecule has 4 N–H and O–H groups in total. The summed E-state index contributed by atoms with van der Waals surface area (Å²) in [6.07, 6.45) is 7.61. The van der Waals surface area contributed by atoms with E-state index in [0.29, 0.717) is 4.88 Å². The summed E-state index contributed by atoms with van der Waals surface area (Å²) in [6, 6.07) is 9.39. The van der Waals surface area contributed by atoms with Gasteiger partial charge in [-0.05, 0) is 49.9 Å². The Morgan fingerprint density at radius 2 is 1.76 bits per heavy atom. The van der Waals surface area contributed by atoms with E-state index in [9.17, 15) is 19.5 Å². The highest BCUT2D eigenvalue weighted by Crippen LogP contribution is 2.38. The van der Waals surface area contributed by atoms with Gasteiger partial charge >= 0.3 is 12.0 Å². The average molecular weight is 561 g/mol. The molecule has 1 atom stereocenters. The summed E-state index contributed by atoms with van der Waals surface area (Å²) >= 11 is 13.5. The molecule has 4 rings (SSSR count). The molecule has 3 amide bonds. The largest absolute Gasteiger partial charge is 0.480 e. The van der Waals surface area contributed by atoms with Crippen molar-refractivity contribution >= 4 is 63.1 Å². The van der Waals surface area contributed by atoms with E-state index in [-0.39, 0.29) is 32.2 Å². The van der Waals surface area contributed by atoms with Crippen LogP contribution in [0.3, 0.4) is 0 Å². The number of benzene rings is 1. The number of thiophene rings is 1. The lowest BCUT2D eigenvalue weighted by molar-refractivity contribution is -0.146. The van der Waals surface area contributed by atoms with Crippen LogP contribution >= 0.6 is 34.5 Å². The second kappa shape index (κ2) is 11.5. The number of carboxylic acid groups (broad SMARTS) is 1. The van der Waals surface area contributed by atoms with E-state index in [4.69, 9.17) is 23.2 Å². The molecule has 0 aliphatic heterocycles. The van der Waals surface area contributed by atoms with E-state index < -0.39 is 23.4 Å². The standard InChI is InChI=1S/C26H26Cl2N4O4S/c1-26(24(34)35,16-8-3-2-4-9-16)32-22(33)17-13-20(15-7-6-12-29-14-15)37-23(17)31-25(36)30-21-18(27)10-5-11-19(21)28/h5-7,10-14,16H,2-4,8-9H2,1H3,(H,32,33)(H,34,35)(H2,30,31,36)/t26-/m0/s1. The number of pyridine rings is 1. The van der Waals surface area contributed by atoms with E-state index in [1.54, 1.807) is 49.6 Å². The van der Waals surface area contributed by atoms with Crippen molar-refractivity contribution in [3.63, 3.8) is 0 Å². The highest BCUT2D eigenvalue weighted by atomic mass is 35.5. The third-order valence-electron chi connectivity index (χ3n) is 6.59. The summed E-state index contributed by atoms with van der Waals surface area (Å²) in [6.45, 7) is 1.55. The van der Waals surface area contributed by atoms with Gasteiger partial charge in [-0.15, -0.1) is 11.3 Å². The van der Waals surface area contributed by atoms with Crippen LogP contribution in [0.1, 0.15) is 49.4 Å². The molecule has 0 spiro atoms. The number of anilines is 2. The Bertz CT molecular complexity index is 1290. The SMILES string of the molecule is C[C@@](NC(=O)c1cc(-c2cccnc2)sc1NC(=O)Nc1c(Cl)cccc1Cl)(C(=O)O)C1CCCCC1. The first-order valence-electron chi connectivity index (χ1n) is 11.8. The number of aliphatic carboxylic acids is 1. The number of nitrogens with one attached hydrogen (secondary N) is 3. The van der Waals surface area contributed by atoms with Gasteiger partial charge in [0.25, 0.3) is 5.91 Å². The van der Waals surface area contributed by atoms with E-state index in [0.717, 1.165) is 37.7 Å². The first-order valence-corrected chi connectivity index (χ1v) is 13.4. The summed E-state index contributed by atoms with van der Waals surface area (Å²) in [5, 5.41) is 18.9. The number of hydrogen-bond donors (Lipinski definition) is 4. The molecular weight excluding hydrogens is 535 g/mol. The van der Waals surface area contributed by atoms with Crippen molar-refractivity contribution < 1.29 is 19.5 Å². The summed E-state index contributed by atoms with van der Waals surface area (Å²) in [4.78, 5) is 43.5. The first-order chi connectivity index (χ1) is 17.7. The van der Waals surface area contributed by atoms with Gasteiger partial charge in [0.05, 0.1) is 21.3 Å². The maximum atomic E-state index is 13.5. The van der Waals surface area contributed by atoms with Gasteiger partial charge in [0.15, 0.2) is 0 Å². The van der Waals surface area contributed by atoms with Gasteiger partial charge in [0.1, 0.15) is 10.5 Å². The van der Waals surface area contributed by atoms with Gasteiger partial charge in [-0.2, -0.15) is 0 Å². The smallest absolute Gasteiger partial charge is 0.329 e. The molecule has 1 fully saturated rings. The summed E-state index contributed by atoms with van der Waals surface area (Å²) in [5.41, 5.74) is -0.322. The van der Waals surface area contributed by atoms with Crippen LogP contribution in [0.25, 0.3) is 10.4 Å². The van der Waals surface area contributed by atoms with Crippen LogP contribution in [-0.4, -0.2) is 33.5 Å². The minimum Gasteiger partial charge on any atom is -0.480 e. The highest BCUT2D eigenvalue weighted by molar-refractivity contribution is 7.20. The van der Waals surface area contributed by atoms with Crippen LogP contribution in [0.4, 0.5) is 15.5 Å². The molecule has 3 aromatic rings. The minimum atomic E-state index is -1.45. The molecule has 0 saturated heterocycles. The van der Waals surface area contributed by atoms with Gasteiger partial charge < -0.3 is 15.7 Å². The molecule has 0 unspecified atom stereocenters. The van der Waals surface area contributed by atoms with E-state index >= 15 is 0 Å². The molecule has 8 nitrogen and oxygen atoms in total. The molecule has 1 aliphatic rings. The van der Waals surface area contributed by atoms with Crippen LogP contribution in [-0.2, 0) is 4.79 Å². The zero-order valence-electron chi connectivity index (χ0n) is 20.0. The van der Waals surface area contributed by atoms with Gasteiger partial charge in [-0.25, -0.2) is 9.59 Å². The van der Waals surface area contributed by atoms with Gasteiger partial charge in [-0.3, -0.25) is 15.1 Å². The molecule has 1 aromatic carbocycles. The maximum absolute atomic E-state index is 13.5. The molecule has 1 aliphatic carbocycles. The topological polar surface area (TPSA) is 120 Å². The number of carbonyl (C=O) groups is 3. The van der Waals surface area contributed by atoms with Crippen molar-refractivity contribution in [1.82, 2.24) is 10.3 Å². The summed E-state index contributed by atoms with van der Waals surface area (Å²) in [7, 11) is 0. The van der Waals surface area contributed by atoms with Crippen molar-refractivity contribution in [3.8, 4) is 10.4 Å². The number of carbonyl (C=O) groups excluding carboxylic acids is 2. The molecule has 0 bridgehead atoms. The number of hydrogen-bond acceptors (Lipinski definition) is 5. The fourth-order valence-electron chi connectivity index (χ4n) is 4.48.